The van der Waals surface area contributed by atoms with Crippen LogP contribution >= 0.6 is 15.9 Å². The van der Waals surface area contributed by atoms with Crippen LogP contribution in [0.1, 0.15) is 10.5 Å². The second kappa shape index (κ2) is 4.36. The molecule has 0 bridgehead atoms. The van der Waals surface area contributed by atoms with E-state index in [9.17, 15) is 4.79 Å². The van der Waals surface area contributed by atoms with E-state index in [0.717, 1.165) is 4.47 Å². The number of H-pyrrole nitrogens is 1. The number of carbonyl (C=O) groups excluding carboxylic acids is 1. The molecule has 82 valence electrons. The number of hydrogen-bond acceptors (Lipinski definition) is 3. The summed E-state index contributed by atoms with van der Waals surface area (Å²) in [5, 5.41) is 8.92. The SMILES string of the molecule is Nc1cn[nH]c1C(=O)Nc1ccc(Br)cc1. The summed E-state index contributed by atoms with van der Waals surface area (Å²) >= 11 is 3.31. The van der Waals surface area contributed by atoms with Crippen molar-refractivity contribution in [1.29, 1.82) is 0 Å². The van der Waals surface area contributed by atoms with Gasteiger partial charge in [-0.05, 0) is 24.3 Å². The van der Waals surface area contributed by atoms with Gasteiger partial charge in [0.15, 0.2) is 0 Å². The average molecular weight is 281 g/mol. The summed E-state index contributed by atoms with van der Waals surface area (Å²) in [7, 11) is 0. The van der Waals surface area contributed by atoms with Crippen LogP contribution in [0.15, 0.2) is 34.9 Å². The van der Waals surface area contributed by atoms with Gasteiger partial charge in [0.1, 0.15) is 5.69 Å². The highest BCUT2D eigenvalue weighted by molar-refractivity contribution is 9.10. The molecule has 0 atom stereocenters. The number of nitrogens with zero attached hydrogens (tertiary/aromatic N) is 1. The lowest BCUT2D eigenvalue weighted by molar-refractivity contribution is 0.102. The van der Waals surface area contributed by atoms with Crippen molar-refractivity contribution in [2.75, 3.05) is 11.1 Å². The van der Waals surface area contributed by atoms with E-state index in [0.29, 0.717) is 11.4 Å². The molecule has 0 aliphatic heterocycles. The third-order valence-corrected chi connectivity index (χ3v) is 2.53. The standard InChI is InChI=1S/C10H9BrN4O/c11-6-1-3-7(4-2-6)14-10(16)9-8(12)5-13-15-9/h1-5H,12H2,(H,13,15)(H,14,16). The Hall–Kier alpha value is -1.82. The molecule has 6 heteroatoms. The zero-order valence-corrected chi connectivity index (χ0v) is 9.78. The fraction of sp³-hybridized carbons (Fsp3) is 0. The quantitative estimate of drug-likeness (QED) is 0.787. The molecule has 1 aromatic carbocycles. The molecule has 0 saturated heterocycles. The number of nitrogen functional groups attached to an aromatic ring is 1. The first-order chi connectivity index (χ1) is 7.66. The number of anilines is 2. The van der Waals surface area contributed by atoms with E-state index in [1.807, 2.05) is 12.1 Å². The maximum atomic E-state index is 11.7. The molecule has 2 rings (SSSR count). The minimum Gasteiger partial charge on any atom is -0.396 e. The summed E-state index contributed by atoms with van der Waals surface area (Å²) in [6, 6.07) is 7.25. The third-order valence-electron chi connectivity index (χ3n) is 2.00. The van der Waals surface area contributed by atoms with Gasteiger partial charge < -0.3 is 11.1 Å². The number of amides is 1. The normalized spacial score (nSPS) is 10.1. The van der Waals surface area contributed by atoms with Crippen LogP contribution in [-0.4, -0.2) is 16.1 Å². The predicted octanol–water partition coefficient (Wildman–Crippen LogP) is 2.01. The Kier molecular flexibility index (Phi) is 2.91. The summed E-state index contributed by atoms with van der Waals surface area (Å²) < 4.78 is 0.951. The van der Waals surface area contributed by atoms with Crippen molar-refractivity contribution < 1.29 is 4.79 Å². The van der Waals surface area contributed by atoms with E-state index in [4.69, 9.17) is 5.73 Å². The smallest absolute Gasteiger partial charge is 0.275 e. The summed E-state index contributed by atoms with van der Waals surface area (Å²) in [5.74, 6) is -0.308. The number of aromatic nitrogens is 2. The number of benzene rings is 1. The second-order valence-electron chi connectivity index (χ2n) is 3.16. The number of nitrogens with two attached hydrogens (primary N) is 1. The Balaban J connectivity index is 2.14. The molecule has 0 radical (unpaired) electrons. The topological polar surface area (TPSA) is 83.8 Å². The van der Waals surface area contributed by atoms with Gasteiger partial charge in [-0.15, -0.1) is 0 Å². The summed E-state index contributed by atoms with van der Waals surface area (Å²) in [4.78, 5) is 11.7. The van der Waals surface area contributed by atoms with Crippen molar-refractivity contribution >= 4 is 33.2 Å². The number of aromatic amines is 1. The molecule has 2 aromatic rings. The van der Waals surface area contributed by atoms with Gasteiger partial charge in [-0.25, -0.2) is 0 Å². The van der Waals surface area contributed by atoms with Gasteiger partial charge >= 0.3 is 0 Å². The molecular weight excluding hydrogens is 272 g/mol. The number of carbonyl (C=O) groups is 1. The minimum atomic E-state index is -0.308. The fourth-order valence-electron chi connectivity index (χ4n) is 1.20. The zero-order chi connectivity index (χ0) is 11.5. The number of nitrogens with one attached hydrogen (secondary N) is 2. The Bertz CT molecular complexity index is 506. The Labute approximate surface area is 100 Å². The highest BCUT2D eigenvalue weighted by Crippen LogP contribution is 2.15. The second-order valence-corrected chi connectivity index (χ2v) is 4.08. The molecule has 4 N–H and O–H groups in total. The molecule has 0 fully saturated rings. The van der Waals surface area contributed by atoms with Gasteiger partial charge in [0, 0.05) is 10.2 Å². The summed E-state index contributed by atoms with van der Waals surface area (Å²) in [6.07, 6.45) is 1.40. The number of hydrogen-bond donors (Lipinski definition) is 3. The Morgan fingerprint density at radius 2 is 2.06 bits per heavy atom. The van der Waals surface area contributed by atoms with E-state index in [1.54, 1.807) is 12.1 Å². The van der Waals surface area contributed by atoms with Crippen LogP contribution in [0.2, 0.25) is 0 Å². The largest absolute Gasteiger partial charge is 0.396 e. The lowest BCUT2D eigenvalue weighted by atomic mass is 10.3. The van der Waals surface area contributed by atoms with Crippen molar-refractivity contribution in [3.63, 3.8) is 0 Å². The molecule has 0 spiro atoms. The first kappa shape index (κ1) is 10.7. The molecule has 16 heavy (non-hydrogen) atoms. The van der Waals surface area contributed by atoms with E-state index in [1.165, 1.54) is 6.20 Å². The first-order valence-corrected chi connectivity index (χ1v) is 5.32. The Morgan fingerprint density at radius 3 is 2.62 bits per heavy atom. The minimum absolute atomic E-state index is 0.267. The maximum absolute atomic E-state index is 11.7. The van der Waals surface area contributed by atoms with Gasteiger partial charge in [0.2, 0.25) is 0 Å². The Morgan fingerprint density at radius 1 is 1.38 bits per heavy atom. The lowest BCUT2D eigenvalue weighted by Gasteiger charge is -2.03. The lowest BCUT2D eigenvalue weighted by Crippen LogP contribution is -2.14. The molecule has 0 aliphatic rings. The summed E-state index contributed by atoms with van der Waals surface area (Å²) in [6.45, 7) is 0. The van der Waals surface area contributed by atoms with E-state index in [-0.39, 0.29) is 11.6 Å². The molecule has 1 aromatic heterocycles. The van der Waals surface area contributed by atoms with Gasteiger partial charge in [-0.1, -0.05) is 15.9 Å². The van der Waals surface area contributed by atoms with Crippen LogP contribution in [-0.2, 0) is 0 Å². The van der Waals surface area contributed by atoms with E-state index < -0.39 is 0 Å². The van der Waals surface area contributed by atoms with Crippen LogP contribution in [0.3, 0.4) is 0 Å². The van der Waals surface area contributed by atoms with Gasteiger partial charge in [-0.3, -0.25) is 9.89 Å². The van der Waals surface area contributed by atoms with Crippen molar-refractivity contribution in [1.82, 2.24) is 10.2 Å². The summed E-state index contributed by atoms with van der Waals surface area (Å²) in [5.41, 5.74) is 6.85. The van der Waals surface area contributed by atoms with Crippen molar-refractivity contribution in [3.8, 4) is 0 Å². The van der Waals surface area contributed by atoms with Crippen molar-refractivity contribution in [2.45, 2.75) is 0 Å². The van der Waals surface area contributed by atoms with E-state index >= 15 is 0 Å². The predicted molar refractivity (Wildman–Crippen MR) is 65.1 cm³/mol. The van der Waals surface area contributed by atoms with Crippen molar-refractivity contribution in [2.24, 2.45) is 0 Å². The highest BCUT2D eigenvalue weighted by Gasteiger charge is 2.11. The van der Waals surface area contributed by atoms with Gasteiger partial charge in [0.05, 0.1) is 11.9 Å². The van der Waals surface area contributed by atoms with E-state index in [2.05, 4.69) is 31.4 Å². The average Bonchev–Trinajstić information content (AvgIpc) is 2.68. The molecule has 1 heterocycles. The van der Waals surface area contributed by atoms with Crippen LogP contribution in [0.4, 0.5) is 11.4 Å². The van der Waals surface area contributed by atoms with Crippen LogP contribution in [0.5, 0.6) is 0 Å². The molecule has 0 saturated carbocycles. The van der Waals surface area contributed by atoms with Crippen LogP contribution in [0, 0.1) is 0 Å². The van der Waals surface area contributed by atoms with Gasteiger partial charge in [-0.2, -0.15) is 5.10 Å². The zero-order valence-electron chi connectivity index (χ0n) is 8.20. The maximum Gasteiger partial charge on any atom is 0.275 e. The monoisotopic (exact) mass is 280 g/mol. The number of halogens is 1. The van der Waals surface area contributed by atoms with Crippen LogP contribution < -0.4 is 11.1 Å². The molecule has 0 unspecified atom stereocenters. The van der Waals surface area contributed by atoms with Crippen molar-refractivity contribution in [3.05, 3.63) is 40.6 Å². The highest BCUT2D eigenvalue weighted by atomic mass is 79.9. The van der Waals surface area contributed by atoms with Crippen LogP contribution in [0.25, 0.3) is 0 Å². The molecular formula is C10H9BrN4O. The molecule has 0 aliphatic carbocycles. The molecule has 5 nitrogen and oxygen atoms in total. The fourth-order valence-corrected chi connectivity index (χ4v) is 1.47. The van der Waals surface area contributed by atoms with Gasteiger partial charge in [0.25, 0.3) is 5.91 Å². The first-order valence-electron chi connectivity index (χ1n) is 4.52. The third kappa shape index (κ3) is 2.22. The molecule has 1 amide bonds. The number of rotatable bonds is 2.